The maximum atomic E-state index is 13.7. The van der Waals surface area contributed by atoms with Gasteiger partial charge in [-0.15, -0.1) is 0 Å². The van der Waals surface area contributed by atoms with Gasteiger partial charge in [0, 0.05) is 31.4 Å². The molecule has 0 N–H and O–H groups in total. The van der Waals surface area contributed by atoms with Gasteiger partial charge < -0.3 is 14.0 Å². The highest BCUT2D eigenvalue weighted by Gasteiger charge is 2.26. The van der Waals surface area contributed by atoms with Gasteiger partial charge in [0.1, 0.15) is 11.3 Å². The fourth-order valence-electron chi connectivity index (χ4n) is 3.52. The van der Waals surface area contributed by atoms with Crippen molar-refractivity contribution in [1.29, 1.82) is 0 Å². The monoisotopic (exact) mass is 367 g/mol. The first-order valence-electron chi connectivity index (χ1n) is 9.22. The predicted octanol–water partition coefficient (Wildman–Crippen LogP) is 3.71. The van der Waals surface area contributed by atoms with E-state index >= 15 is 0 Å². The number of fused-ring (bicyclic) bond motifs is 1. The number of carbonyl (C=O) groups excluding carboxylic acids is 1. The zero-order valence-corrected chi connectivity index (χ0v) is 15.3. The Morgan fingerprint density at radius 2 is 2.11 bits per heavy atom. The maximum absolute atomic E-state index is 13.7. The van der Waals surface area contributed by atoms with Crippen molar-refractivity contribution in [3.05, 3.63) is 65.9 Å². The molecule has 0 saturated carbocycles. The second kappa shape index (κ2) is 7.39. The molecule has 3 aromatic rings. The Balaban J connectivity index is 1.42. The van der Waals surface area contributed by atoms with Gasteiger partial charge in [-0.3, -0.25) is 4.79 Å². The molecule has 140 valence electrons. The lowest BCUT2D eigenvalue weighted by Crippen LogP contribution is -2.41. The molecule has 1 aromatic carbocycles. The predicted molar refractivity (Wildman–Crippen MR) is 100 cm³/mol. The summed E-state index contributed by atoms with van der Waals surface area (Å²) in [5.41, 5.74) is 2.33. The van der Waals surface area contributed by atoms with Crippen LogP contribution in [0.5, 0.6) is 5.75 Å². The first-order chi connectivity index (χ1) is 13.1. The SMILES string of the molecule is Cc1ccc2nc(C(=O)N3CCCC(COc4ccccc4F)C3)cn2c1. The van der Waals surface area contributed by atoms with E-state index < -0.39 is 0 Å². The standard InChI is InChI=1S/C21H22FN3O2/c1-15-8-9-20-23-18(13-25(20)11-15)21(26)24-10-4-5-16(12-24)14-27-19-7-3-2-6-17(19)22/h2-3,6-9,11,13,16H,4-5,10,12,14H2,1H3. The van der Waals surface area contributed by atoms with Gasteiger partial charge in [-0.2, -0.15) is 0 Å². The molecule has 4 rings (SSSR count). The summed E-state index contributed by atoms with van der Waals surface area (Å²) in [6, 6.07) is 10.3. The van der Waals surface area contributed by atoms with E-state index in [0.717, 1.165) is 24.1 Å². The fourth-order valence-corrected chi connectivity index (χ4v) is 3.52. The van der Waals surface area contributed by atoms with Crippen LogP contribution in [0.1, 0.15) is 28.9 Å². The minimum Gasteiger partial charge on any atom is -0.490 e. The second-order valence-corrected chi connectivity index (χ2v) is 7.10. The van der Waals surface area contributed by atoms with E-state index in [1.54, 1.807) is 24.4 Å². The lowest BCUT2D eigenvalue weighted by molar-refractivity contribution is 0.0626. The zero-order valence-electron chi connectivity index (χ0n) is 15.3. The molecule has 6 heteroatoms. The fraction of sp³-hybridized carbons (Fsp3) is 0.333. The van der Waals surface area contributed by atoms with Gasteiger partial charge in [0.2, 0.25) is 0 Å². The molecule has 1 unspecified atom stereocenters. The molecule has 1 saturated heterocycles. The average Bonchev–Trinajstić information content (AvgIpc) is 3.10. The van der Waals surface area contributed by atoms with Crippen molar-refractivity contribution in [2.24, 2.45) is 5.92 Å². The van der Waals surface area contributed by atoms with Gasteiger partial charge in [-0.05, 0) is 43.5 Å². The molecule has 0 aliphatic carbocycles. The number of hydrogen-bond donors (Lipinski definition) is 0. The number of amides is 1. The van der Waals surface area contributed by atoms with E-state index in [0.29, 0.717) is 25.4 Å². The van der Waals surface area contributed by atoms with Gasteiger partial charge in [0.15, 0.2) is 11.6 Å². The van der Waals surface area contributed by atoms with E-state index in [1.807, 2.05) is 34.6 Å². The van der Waals surface area contributed by atoms with Crippen molar-refractivity contribution in [3.8, 4) is 5.75 Å². The van der Waals surface area contributed by atoms with Crippen LogP contribution in [0.15, 0.2) is 48.8 Å². The number of carbonyl (C=O) groups is 1. The average molecular weight is 367 g/mol. The highest BCUT2D eigenvalue weighted by molar-refractivity contribution is 5.93. The van der Waals surface area contributed by atoms with E-state index in [-0.39, 0.29) is 23.4 Å². The summed E-state index contributed by atoms with van der Waals surface area (Å²) in [6.07, 6.45) is 5.61. The van der Waals surface area contributed by atoms with Crippen LogP contribution in [0.3, 0.4) is 0 Å². The molecule has 1 amide bonds. The molecule has 3 heterocycles. The molecular formula is C21H22FN3O2. The van der Waals surface area contributed by atoms with Crippen molar-refractivity contribution >= 4 is 11.6 Å². The number of pyridine rings is 1. The van der Waals surface area contributed by atoms with E-state index in [4.69, 9.17) is 4.74 Å². The number of piperidine rings is 1. The lowest BCUT2D eigenvalue weighted by Gasteiger charge is -2.32. The number of nitrogens with zero attached hydrogens (tertiary/aromatic N) is 3. The molecule has 0 radical (unpaired) electrons. The summed E-state index contributed by atoms with van der Waals surface area (Å²) in [6.45, 7) is 3.71. The number of aryl methyl sites for hydroxylation is 1. The molecular weight excluding hydrogens is 345 g/mol. The molecule has 1 fully saturated rings. The number of rotatable bonds is 4. The third-order valence-electron chi connectivity index (χ3n) is 4.94. The Bertz CT molecular complexity index is 969. The smallest absolute Gasteiger partial charge is 0.274 e. The number of hydrogen-bond acceptors (Lipinski definition) is 3. The molecule has 27 heavy (non-hydrogen) atoms. The normalized spacial score (nSPS) is 17.3. The third kappa shape index (κ3) is 3.79. The molecule has 1 aliphatic heterocycles. The number of para-hydroxylation sites is 1. The van der Waals surface area contributed by atoms with Crippen LogP contribution in [-0.2, 0) is 0 Å². The highest BCUT2D eigenvalue weighted by Crippen LogP contribution is 2.22. The lowest BCUT2D eigenvalue weighted by atomic mass is 9.98. The zero-order chi connectivity index (χ0) is 18.8. The number of imidazole rings is 1. The van der Waals surface area contributed by atoms with Gasteiger partial charge in [-0.1, -0.05) is 18.2 Å². The topological polar surface area (TPSA) is 46.8 Å². The molecule has 5 nitrogen and oxygen atoms in total. The second-order valence-electron chi connectivity index (χ2n) is 7.10. The first kappa shape index (κ1) is 17.5. The van der Waals surface area contributed by atoms with Gasteiger partial charge in [-0.25, -0.2) is 9.37 Å². The minimum absolute atomic E-state index is 0.0630. The van der Waals surface area contributed by atoms with Crippen LogP contribution in [0.25, 0.3) is 5.65 Å². The Morgan fingerprint density at radius 3 is 2.96 bits per heavy atom. The third-order valence-corrected chi connectivity index (χ3v) is 4.94. The van der Waals surface area contributed by atoms with Crippen molar-refractivity contribution in [3.63, 3.8) is 0 Å². The summed E-state index contributed by atoms with van der Waals surface area (Å²) in [5.74, 6) is 0.0198. The summed E-state index contributed by atoms with van der Waals surface area (Å²) in [7, 11) is 0. The molecule has 0 spiro atoms. The van der Waals surface area contributed by atoms with Crippen molar-refractivity contribution in [2.45, 2.75) is 19.8 Å². The number of likely N-dealkylation sites (tertiary alicyclic amines) is 1. The van der Waals surface area contributed by atoms with Crippen LogP contribution in [0.4, 0.5) is 4.39 Å². The van der Waals surface area contributed by atoms with Gasteiger partial charge in [0.05, 0.1) is 6.61 Å². The largest absolute Gasteiger partial charge is 0.490 e. The highest BCUT2D eigenvalue weighted by atomic mass is 19.1. The van der Waals surface area contributed by atoms with Crippen LogP contribution in [0.2, 0.25) is 0 Å². The summed E-state index contributed by atoms with van der Waals surface area (Å²) in [4.78, 5) is 19.2. The number of halogens is 1. The van der Waals surface area contributed by atoms with Crippen LogP contribution in [-0.4, -0.2) is 39.9 Å². The van der Waals surface area contributed by atoms with Crippen molar-refractivity contribution < 1.29 is 13.9 Å². The van der Waals surface area contributed by atoms with Crippen LogP contribution >= 0.6 is 0 Å². The molecule has 1 aliphatic rings. The molecule has 2 aromatic heterocycles. The minimum atomic E-state index is -0.360. The van der Waals surface area contributed by atoms with Gasteiger partial charge >= 0.3 is 0 Å². The number of aromatic nitrogens is 2. The Hall–Kier alpha value is -2.89. The molecule has 1 atom stereocenters. The summed E-state index contributed by atoms with van der Waals surface area (Å²) < 4.78 is 21.2. The van der Waals surface area contributed by atoms with Crippen molar-refractivity contribution in [2.75, 3.05) is 19.7 Å². The summed E-state index contributed by atoms with van der Waals surface area (Å²) >= 11 is 0. The van der Waals surface area contributed by atoms with Gasteiger partial charge in [0.25, 0.3) is 5.91 Å². The number of benzene rings is 1. The van der Waals surface area contributed by atoms with E-state index in [9.17, 15) is 9.18 Å². The van der Waals surface area contributed by atoms with E-state index in [2.05, 4.69) is 4.98 Å². The van der Waals surface area contributed by atoms with Crippen molar-refractivity contribution in [1.82, 2.24) is 14.3 Å². The van der Waals surface area contributed by atoms with Crippen LogP contribution in [0, 0.1) is 18.7 Å². The summed E-state index contributed by atoms with van der Waals surface area (Å²) in [5, 5.41) is 0. The maximum Gasteiger partial charge on any atom is 0.274 e. The molecule has 0 bridgehead atoms. The number of ether oxygens (including phenoxy) is 1. The Kier molecular flexibility index (Phi) is 4.79. The Labute approximate surface area is 157 Å². The quantitative estimate of drug-likeness (QED) is 0.706. The first-order valence-corrected chi connectivity index (χ1v) is 9.22. The van der Waals surface area contributed by atoms with Crippen LogP contribution < -0.4 is 4.74 Å². The Morgan fingerprint density at radius 1 is 1.26 bits per heavy atom. The van der Waals surface area contributed by atoms with E-state index in [1.165, 1.54) is 6.07 Å².